The molecule has 0 aromatic carbocycles. The highest BCUT2D eigenvalue weighted by Crippen LogP contribution is 2.32. The fourth-order valence-corrected chi connectivity index (χ4v) is 2.69. The first-order valence-electron chi connectivity index (χ1n) is 4.45. The fourth-order valence-electron chi connectivity index (χ4n) is 1.60. The van der Waals surface area contributed by atoms with Gasteiger partial charge in [-0.15, -0.1) is 11.3 Å². The fraction of sp³-hybridized carbons (Fsp3) is 0.0909. The second kappa shape index (κ2) is 2.75. The molecule has 68 valence electrons. The van der Waals surface area contributed by atoms with Crippen molar-refractivity contribution in [2.45, 2.75) is 6.92 Å². The molecule has 0 aliphatic rings. The van der Waals surface area contributed by atoms with Crippen LogP contribution in [0.5, 0.6) is 0 Å². The van der Waals surface area contributed by atoms with Crippen LogP contribution in [0.2, 0.25) is 0 Å². The molecule has 0 unspecified atom stereocenters. The lowest BCUT2D eigenvalue weighted by molar-refractivity contribution is 1.37. The molecule has 0 saturated heterocycles. The van der Waals surface area contributed by atoms with Crippen molar-refractivity contribution in [3.8, 4) is 0 Å². The summed E-state index contributed by atoms with van der Waals surface area (Å²) in [5, 5.41) is 0. The molecule has 0 radical (unpaired) electrons. The molecule has 0 saturated carbocycles. The van der Waals surface area contributed by atoms with Gasteiger partial charge < -0.3 is 0 Å². The lowest BCUT2D eigenvalue weighted by Gasteiger charge is -1.92. The smallest absolute Gasteiger partial charge is 0.107 e. The van der Waals surface area contributed by atoms with E-state index in [1.807, 2.05) is 24.5 Å². The quantitative estimate of drug-likeness (QED) is 0.557. The van der Waals surface area contributed by atoms with Gasteiger partial charge in [-0.05, 0) is 30.7 Å². The van der Waals surface area contributed by atoms with Crippen LogP contribution in [-0.2, 0) is 0 Å². The maximum absolute atomic E-state index is 4.38. The zero-order valence-electron chi connectivity index (χ0n) is 7.69. The van der Waals surface area contributed by atoms with Crippen molar-refractivity contribution in [1.82, 2.24) is 9.97 Å². The SMILES string of the molecule is Cc1ccnc2c1sc1cccnc12. The van der Waals surface area contributed by atoms with E-state index < -0.39 is 0 Å². The highest BCUT2D eigenvalue weighted by molar-refractivity contribution is 7.25. The summed E-state index contributed by atoms with van der Waals surface area (Å²) < 4.78 is 2.46. The summed E-state index contributed by atoms with van der Waals surface area (Å²) >= 11 is 1.76. The molecule has 0 aliphatic carbocycles. The summed E-state index contributed by atoms with van der Waals surface area (Å²) in [6.07, 6.45) is 3.66. The van der Waals surface area contributed by atoms with Gasteiger partial charge in [0.05, 0.1) is 9.40 Å². The standard InChI is InChI=1S/C11H8N2S/c1-7-4-6-13-10-9-8(14-11(7)10)3-2-5-12-9/h2-6H,1H3. The van der Waals surface area contributed by atoms with Gasteiger partial charge in [-0.2, -0.15) is 0 Å². The largest absolute Gasteiger partial charge is 0.253 e. The second-order valence-corrected chi connectivity index (χ2v) is 4.31. The second-order valence-electron chi connectivity index (χ2n) is 3.26. The van der Waals surface area contributed by atoms with E-state index in [0.29, 0.717) is 0 Å². The molecule has 3 aromatic rings. The molecule has 0 atom stereocenters. The highest BCUT2D eigenvalue weighted by atomic mass is 32.1. The minimum absolute atomic E-state index is 1.02. The number of aromatic nitrogens is 2. The number of thiophene rings is 1. The van der Waals surface area contributed by atoms with E-state index in [1.165, 1.54) is 15.0 Å². The molecular formula is C11H8N2S. The molecule has 3 heterocycles. The highest BCUT2D eigenvalue weighted by Gasteiger charge is 2.07. The first kappa shape index (κ1) is 7.88. The van der Waals surface area contributed by atoms with Crippen LogP contribution in [0.3, 0.4) is 0 Å². The minimum atomic E-state index is 1.02. The first-order valence-corrected chi connectivity index (χ1v) is 5.27. The Kier molecular flexibility index (Phi) is 1.55. The van der Waals surface area contributed by atoms with Gasteiger partial charge in [0.25, 0.3) is 0 Å². The lowest BCUT2D eigenvalue weighted by Crippen LogP contribution is -1.77. The summed E-state index contributed by atoms with van der Waals surface area (Å²) in [4.78, 5) is 8.74. The van der Waals surface area contributed by atoms with Gasteiger partial charge in [0, 0.05) is 12.4 Å². The van der Waals surface area contributed by atoms with Gasteiger partial charge >= 0.3 is 0 Å². The van der Waals surface area contributed by atoms with Crippen LogP contribution in [0.15, 0.2) is 30.6 Å². The maximum atomic E-state index is 4.38. The summed E-state index contributed by atoms with van der Waals surface area (Å²) in [5.41, 5.74) is 3.33. The van der Waals surface area contributed by atoms with Crippen LogP contribution in [0.25, 0.3) is 20.4 Å². The van der Waals surface area contributed by atoms with E-state index in [1.54, 1.807) is 11.3 Å². The van der Waals surface area contributed by atoms with Crippen molar-refractivity contribution in [2.24, 2.45) is 0 Å². The predicted octanol–water partition coefficient (Wildman–Crippen LogP) is 3.15. The van der Waals surface area contributed by atoms with Gasteiger partial charge in [0.2, 0.25) is 0 Å². The van der Waals surface area contributed by atoms with Crippen LogP contribution < -0.4 is 0 Å². The van der Waals surface area contributed by atoms with Crippen molar-refractivity contribution >= 4 is 31.8 Å². The van der Waals surface area contributed by atoms with Crippen LogP contribution in [-0.4, -0.2) is 9.97 Å². The maximum Gasteiger partial charge on any atom is 0.107 e. The van der Waals surface area contributed by atoms with Crippen molar-refractivity contribution in [3.05, 3.63) is 36.2 Å². The summed E-state index contributed by atoms with van der Waals surface area (Å²) in [6.45, 7) is 2.11. The molecule has 3 heteroatoms. The van der Waals surface area contributed by atoms with Crippen LogP contribution >= 0.6 is 11.3 Å². The van der Waals surface area contributed by atoms with Gasteiger partial charge in [0.15, 0.2) is 0 Å². The van der Waals surface area contributed by atoms with Gasteiger partial charge in [0.1, 0.15) is 11.0 Å². The molecule has 0 bridgehead atoms. The van der Waals surface area contributed by atoms with E-state index in [-0.39, 0.29) is 0 Å². The van der Waals surface area contributed by atoms with Crippen LogP contribution in [0.4, 0.5) is 0 Å². The Hall–Kier alpha value is -1.48. The summed E-state index contributed by atoms with van der Waals surface area (Å²) in [6, 6.07) is 6.10. The van der Waals surface area contributed by atoms with E-state index >= 15 is 0 Å². The number of rotatable bonds is 0. The van der Waals surface area contributed by atoms with Crippen LogP contribution in [0, 0.1) is 6.92 Å². The number of nitrogens with zero attached hydrogens (tertiary/aromatic N) is 2. The average Bonchev–Trinajstić information content (AvgIpc) is 2.59. The zero-order valence-corrected chi connectivity index (χ0v) is 8.51. The van der Waals surface area contributed by atoms with Crippen molar-refractivity contribution in [1.29, 1.82) is 0 Å². The lowest BCUT2D eigenvalue weighted by atomic mass is 10.2. The minimum Gasteiger partial charge on any atom is -0.253 e. The molecule has 14 heavy (non-hydrogen) atoms. The van der Waals surface area contributed by atoms with E-state index in [0.717, 1.165) is 11.0 Å². The van der Waals surface area contributed by atoms with Gasteiger partial charge in [-0.1, -0.05) is 0 Å². The van der Waals surface area contributed by atoms with E-state index in [9.17, 15) is 0 Å². The molecule has 2 nitrogen and oxygen atoms in total. The first-order chi connectivity index (χ1) is 6.86. The van der Waals surface area contributed by atoms with Crippen LogP contribution in [0.1, 0.15) is 5.56 Å². The molecule has 3 rings (SSSR count). The number of fused-ring (bicyclic) bond motifs is 3. The predicted molar refractivity (Wildman–Crippen MR) is 59.7 cm³/mol. The summed E-state index contributed by atoms with van der Waals surface area (Å²) in [5.74, 6) is 0. The Morgan fingerprint density at radius 1 is 1.07 bits per heavy atom. The van der Waals surface area contributed by atoms with E-state index in [4.69, 9.17) is 0 Å². The number of aryl methyl sites for hydroxylation is 1. The number of hydrogen-bond acceptors (Lipinski definition) is 3. The third kappa shape index (κ3) is 0.960. The molecule has 0 fully saturated rings. The number of hydrogen-bond donors (Lipinski definition) is 0. The van der Waals surface area contributed by atoms with Crippen molar-refractivity contribution in [3.63, 3.8) is 0 Å². The third-order valence-electron chi connectivity index (χ3n) is 2.31. The molecule has 3 aromatic heterocycles. The zero-order chi connectivity index (χ0) is 9.54. The Bertz CT molecular complexity index is 613. The average molecular weight is 200 g/mol. The normalized spacial score (nSPS) is 11.2. The Morgan fingerprint density at radius 3 is 2.86 bits per heavy atom. The Balaban J connectivity index is 2.63. The monoisotopic (exact) mass is 200 g/mol. The third-order valence-corrected chi connectivity index (χ3v) is 3.58. The molecular weight excluding hydrogens is 192 g/mol. The molecule has 0 aliphatic heterocycles. The summed E-state index contributed by atoms with van der Waals surface area (Å²) in [7, 11) is 0. The topological polar surface area (TPSA) is 25.8 Å². The molecule has 0 amide bonds. The molecule has 0 N–H and O–H groups in total. The van der Waals surface area contributed by atoms with Crippen molar-refractivity contribution in [2.75, 3.05) is 0 Å². The van der Waals surface area contributed by atoms with E-state index in [2.05, 4.69) is 23.0 Å². The van der Waals surface area contributed by atoms with Gasteiger partial charge in [-0.25, -0.2) is 0 Å². The number of pyridine rings is 2. The molecule has 0 spiro atoms. The Morgan fingerprint density at radius 2 is 1.93 bits per heavy atom. The Labute approximate surface area is 85.2 Å². The van der Waals surface area contributed by atoms with Gasteiger partial charge in [-0.3, -0.25) is 9.97 Å². The van der Waals surface area contributed by atoms with Crippen molar-refractivity contribution < 1.29 is 0 Å².